The number of hydrogen-bond acceptors (Lipinski definition) is 3. The van der Waals surface area contributed by atoms with Crippen molar-refractivity contribution in [3.63, 3.8) is 0 Å². The first-order chi connectivity index (χ1) is 5.00. The molecule has 1 aromatic rings. The zero-order valence-electron chi connectivity index (χ0n) is 6.46. The molecule has 1 radical (unpaired) electrons. The third-order valence-corrected chi connectivity index (χ3v) is 0.566. The molecule has 13 heavy (non-hydrogen) atoms. The molecule has 0 aliphatic rings. The largest absolute Gasteiger partial charge is 0.394 e. The summed E-state index contributed by atoms with van der Waals surface area (Å²) in [6, 6.07) is 5.72. The average molecular weight is 306 g/mol. The molecule has 0 aliphatic heterocycles. The molecule has 1 rings (SSSR count). The van der Waals surface area contributed by atoms with Crippen molar-refractivity contribution in [1.82, 2.24) is 4.98 Å². The summed E-state index contributed by atoms with van der Waals surface area (Å²) in [4.78, 5) is 3.78. The van der Waals surface area contributed by atoms with Crippen molar-refractivity contribution in [2.24, 2.45) is 0 Å². The Morgan fingerprint density at radius 2 is 1.31 bits per heavy atom. The Labute approximate surface area is 99.8 Å². The second-order valence-corrected chi connectivity index (χ2v) is 2.37. The first-order valence-corrected chi connectivity index (χ1v) is 3.95. The normalized spacial score (nSPS) is 8.15. The molecule has 0 atom stereocenters. The number of hydrogen-bond donors (Lipinski definition) is 2. The minimum Gasteiger partial charge on any atom is -0.265 e. The fraction of sp³-hybridized carbons (Fsp3) is 0. The van der Waals surface area contributed by atoms with Crippen LogP contribution >= 0.6 is 0 Å². The van der Waals surface area contributed by atoms with E-state index >= 15 is 0 Å². The molecule has 0 saturated carbocycles. The van der Waals surface area contributed by atoms with E-state index in [1.54, 1.807) is 12.4 Å². The third kappa shape index (κ3) is 33.1. The first-order valence-electron chi connectivity index (χ1n) is 2.55. The van der Waals surface area contributed by atoms with E-state index in [0.29, 0.717) is 0 Å². The van der Waals surface area contributed by atoms with Crippen molar-refractivity contribution in [3.05, 3.63) is 30.6 Å². The van der Waals surface area contributed by atoms with Gasteiger partial charge >= 0.3 is 10.4 Å². The van der Waals surface area contributed by atoms with Crippen LogP contribution in [0.4, 0.5) is 0 Å². The number of nitrogens with zero attached hydrogens (tertiary/aromatic N) is 1. The van der Waals surface area contributed by atoms with Gasteiger partial charge in [0.25, 0.3) is 0 Å². The summed E-state index contributed by atoms with van der Waals surface area (Å²) in [6.45, 7) is 0. The summed E-state index contributed by atoms with van der Waals surface area (Å²) in [6.07, 6.45) is 3.50. The molecule has 0 spiro atoms. The van der Waals surface area contributed by atoms with E-state index in [0.717, 1.165) is 0 Å². The van der Waals surface area contributed by atoms with E-state index in [4.69, 9.17) is 17.5 Å². The molecule has 8 heteroatoms. The standard InChI is InChI=1S/C5H5N.Cu.H2O4S.Zn/c1-2-4-6-5-3-1;;1-5(2,3)4;/h1-5H;;(H2,1,2,3,4);. The molecule has 0 fully saturated rings. The first kappa shape index (κ1) is 18.9. The van der Waals surface area contributed by atoms with Crippen molar-refractivity contribution in [1.29, 1.82) is 0 Å². The number of aromatic nitrogens is 1. The van der Waals surface area contributed by atoms with E-state index in [2.05, 4.69) is 4.98 Å². The van der Waals surface area contributed by atoms with Crippen LogP contribution in [0, 0.1) is 0 Å². The molecule has 0 aliphatic carbocycles. The minimum atomic E-state index is -4.67. The van der Waals surface area contributed by atoms with Gasteiger partial charge in [-0.05, 0) is 12.1 Å². The average Bonchev–Trinajstić information content (AvgIpc) is 1.88. The molecule has 1 aromatic heterocycles. The summed E-state index contributed by atoms with van der Waals surface area (Å²) < 4.78 is 31.6. The van der Waals surface area contributed by atoms with E-state index in [1.807, 2.05) is 18.2 Å². The van der Waals surface area contributed by atoms with Gasteiger partial charge in [-0.3, -0.25) is 14.1 Å². The summed E-state index contributed by atoms with van der Waals surface area (Å²) in [5.74, 6) is 0. The van der Waals surface area contributed by atoms with Crippen LogP contribution in [0.5, 0.6) is 0 Å². The zero-order chi connectivity index (χ0) is 8.74. The topological polar surface area (TPSA) is 87.5 Å². The molecular weight excluding hydrogens is 299 g/mol. The van der Waals surface area contributed by atoms with Crippen LogP contribution in [0.25, 0.3) is 0 Å². The van der Waals surface area contributed by atoms with Gasteiger partial charge in [-0.25, -0.2) is 0 Å². The van der Waals surface area contributed by atoms with Gasteiger partial charge in [0.15, 0.2) is 0 Å². The minimum absolute atomic E-state index is 0. The molecule has 1 heterocycles. The van der Waals surface area contributed by atoms with Crippen LogP contribution in [0.2, 0.25) is 0 Å². The van der Waals surface area contributed by atoms with Gasteiger partial charge in [0.2, 0.25) is 0 Å². The Balaban J connectivity index is -0.000000136. The van der Waals surface area contributed by atoms with Crippen LogP contribution in [0.3, 0.4) is 0 Å². The maximum absolute atomic E-state index is 8.74. The fourth-order valence-corrected chi connectivity index (χ4v) is 0.313. The Bertz CT molecular complexity index is 245. The van der Waals surface area contributed by atoms with Crippen LogP contribution in [0.1, 0.15) is 0 Å². The summed E-state index contributed by atoms with van der Waals surface area (Å²) >= 11 is 0. The molecule has 0 bridgehead atoms. The van der Waals surface area contributed by atoms with Gasteiger partial charge in [0.05, 0.1) is 0 Å². The van der Waals surface area contributed by atoms with Gasteiger partial charge in [-0.2, -0.15) is 8.42 Å². The molecule has 75 valence electrons. The molecule has 5 nitrogen and oxygen atoms in total. The van der Waals surface area contributed by atoms with Gasteiger partial charge in [0.1, 0.15) is 0 Å². The predicted molar refractivity (Wildman–Crippen MR) is 38.4 cm³/mol. The summed E-state index contributed by atoms with van der Waals surface area (Å²) in [5, 5.41) is 0. The molecule has 0 aromatic carbocycles. The monoisotopic (exact) mass is 304 g/mol. The Kier molecular flexibility index (Phi) is 14.9. The van der Waals surface area contributed by atoms with Crippen LogP contribution < -0.4 is 0 Å². The molecule has 0 saturated heterocycles. The van der Waals surface area contributed by atoms with Crippen molar-refractivity contribution in [2.45, 2.75) is 0 Å². The van der Waals surface area contributed by atoms with E-state index < -0.39 is 10.4 Å². The Morgan fingerprint density at radius 3 is 1.38 bits per heavy atom. The Morgan fingerprint density at radius 1 is 1.00 bits per heavy atom. The van der Waals surface area contributed by atoms with Gasteiger partial charge in [0, 0.05) is 48.9 Å². The Hall–Kier alpha value is 0.163. The van der Waals surface area contributed by atoms with Crippen LogP contribution in [-0.4, -0.2) is 22.5 Å². The van der Waals surface area contributed by atoms with Gasteiger partial charge < -0.3 is 0 Å². The third-order valence-electron chi connectivity index (χ3n) is 0.566. The van der Waals surface area contributed by atoms with Crippen LogP contribution in [0.15, 0.2) is 30.6 Å². The molecule has 0 amide bonds. The second-order valence-electron chi connectivity index (χ2n) is 1.47. The van der Waals surface area contributed by atoms with Crippen molar-refractivity contribution >= 4 is 10.4 Å². The second kappa shape index (κ2) is 10.2. The number of pyridine rings is 1. The van der Waals surface area contributed by atoms with Gasteiger partial charge in [-0.15, -0.1) is 0 Å². The zero-order valence-corrected chi connectivity index (χ0v) is 11.2. The van der Waals surface area contributed by atoms with E-state index in [1.165, 1.54) is 0 Å². The SMILES string of the molecule is O=S(=O)(O)O.[Cu].[Zn].c1ccncc1. The quantitative estimate of drug-likeness (QED) is 0.536. The molecule has 2 N–H and O–H groups in total. The van der Waals surface area contributed by atoms with Crippen LogP contribution in [-0.2, 0) is 46.9 Å². The van der Waals surface area contributed by atoms with Gasteiger partial charge in [-0.1, -0.05) is 6.07 Å². The number of rotatable bonds is 0. The van der Waals surface area contributed by atoms with E-state index in [-0.39, 0.29) is 36.5 Å². The maximum atomic E-state index is 8.74. The van der Waals surface area contributed by atoms with Crippen molar-refractivity contribution in [2.75, 3.05) is 0 Å². The van der Waals surface area contributed by atoms with Crippen molar-refractivity contribution < 1.29 is 54.1 Å². The summed E-state index contributed by atoms with van der Waals surface area (Å²) in [5.41, 5.74) is 0. The summed E-state index contributed by atoms with van der Waals surface area (Å²) in [7, 11) is -4.67. The van der Waals surface area contributed by atoms with Crippen molar-refractivity contribution in [3.8, 4) is 0 Å². The molecule has 0 unspecified atom stereocenters. The fourth-order valence-electron chi connectivity index (χ4n) is 0.313. The predicted octanol–water partition coefficient (Wildman–Crippen LogP) is 0.424. The molecular formula is C5H7CuNO4SZn. The smallest absolute Gasteiger partial charge is 0.265 e. The maximum Gasteiger partial charge on any atom is 0.394 e. The van der Waals surface area contributed by atoms with E-state index in [9.17, 15) is 0 Å².